The Morgan fingerprint density at radius 1 is 1.48 bits per heavy atom. The van der Waals surface area contributed by atoms with Crippen molar-refractivity contribution >= 4 is 21.6 Å². The molecule has 1 heterocycles. The number of benzene rings is 1. The second-order valence-electron chi connectivity index (χ2n) is 5.21. The molecule has 0 aliphatic carbocycles. The van der Waals surface area contributed by atoms with Crippen LogP contribution in [0.1, 0.15) is 26.2 Å². The van der Waals surface area contributed by atoms with Crippen molar-refractivity contribution in [1.82, 2.24) is 9.62 Å². The summed E-state index contributed by atoms with van der Waals surface area (Å²) in [5.41, 5.74) is 0. The van der Waals surface area contributed by atoms with Crippen molar-refractivity contribution in [2.24, 2.45) is 0 Å². The van der Waals surface area contributed by atoms with Gasteiger partial charge in [-0.1, -0.05) is 24.6 Å². The number of hydrogen-bond donors (Lipinski definition) is 1. The highest BCUT2D eigenvalue weighted by Crippen LogP contribution is 2.25. The predicted octanol–water partition coefficient (Wildman–Crippen LogP) is 2.63. The summed E-state index contributed by atoms with van der Waals surface area (Å²) in [5, 5.41) is 3.09. The molecule has 7 heteroatoms. The molecule has 21 heavy (non-hydrogen) atoms. The summed E-state index contributed by atoms with van der Waals surface area (Å²) in [6, 6.07) is 4.20. The smallest absolute Gasteiger partial charge is 0.246 e. The fourth-order valence-corrected chi connectivity index (χ4v) is 4.43. The molecular formula is C14H20ClFN2O2S. The van der Waals surface area contributed by atoms with Crippen LogP contribution < -0.4 is 5.32 Å². The molecule has 1 fully saturated rings. The number of halogens is 2. The fourth-order valence-electron chi connectivity index (χ4n) is 2.54. The Hall–Kier alpha value is -0.690. The van der Waals surface area contributed by atoms with Crippen LogP contribution in [0.15, 0.2) is 23.1 Å². The number of nitrogens with zero attached hydrogens (tertiary/aromatic N) is 1. The van der Waals surface area contributed by atoms with Gasteiger partial charge in [0, 0.05) is 19.1 Å². The molecule has 1 unspecified atom stereocenters. The first kappa shape index (κ1) is 16.7. The zero-order valence-electron chi connectivity index (χ0n) is 12.0. The zero-order valence-corrected chi connectivity index (χ0v) is 13.6. The maximum absolute atomic E-state index is 14.1. The van der Waals surface area contributed by atoms with E-state index in [1.54, 1.807) is 0 Å². The third kappa shape index (κ3) is 3.74. The summed E-state index contributed by atoms with van der Waals surface area (Å²) >= 11 is 5.70. The van der Waals surface area contributed by atoms with Gasteiger partial charge in [-0.3, -0.25) is 0 Å². The SMILES string of the molecule is CCCN(CC1CCCN1)S(=O)(=O)c1cccc(Cl)c1F. The topological polar surface area (TPSA) is 49.4 Å². The van der Waals surface area contributed by atoms with Gasteiger partial charge in [-0.15, -0.1) is 0 Å². The van der Waals surface area contributed by atoms with Gasteiger partial charge >= 0.3 is 0 Å². The maximum atomic E-state index is 14.1. The standard InChI is InChI=1S/C14H20ClFN2O2S/c1-2-9-18(10-11-5-4-8-17-11)21(19,20)13-7-3-6-12(15)14(13)16/h3,6-7,11,17H,2,4-5,8-10H2,1H3. The average molecular weight is 335 g/mol. The molecule has 4 nitrogen and oxygen atoms in total. The van der Waals surface area contributed by atoms with Crippen LogP contribution in [0.25, 0.3) is 0 Å². The molecule has 0 spiro atoms. The highest BCUT2D eigenvalue weighted by molar-refractivity contribution is 7.89. The Balaban J connectivity index is 2.30. The van der Waals surface area contributed by atoms with Crippen LogP contribution in [0.5, 0.6) is 0 Å². The number of sulfonamides is 1. The minimum Gasteiger partial charge on any atom is -0.313 e. The Morgan fingerprint density at radius 2 is 2.24 bits per heavy atom. The summed E-state index contributed by atoms with van der Waals surface area (Å²) in [4.78, 5) is -0.346. The van der Waals surface area contributed by atoms with Gasteiger partial charge in [0.15, 0.2) is 5.82 Å². The van der Waals surface area contributed by atoms with Crippen molar-refractivity contribution in [3.05, 3.63) is 29.0 Å². The van der Waals surface area contributed by atoms with Gasteiger partial charge in [0.05, 0.1) is 5.02 Å². The van der Waals surface area contributed by atoms with Crippen LogP contribution in [0.3, 0.4) is 0 Å². The van der Waals surface area contributed by atoms with E-state index in [2.05, 4.69) is 5.32 Å². The Bertz CT molecular complexity index is 589. The van der Waals surface area contributed by atoms with E-state index < -0.39 is 15.8 Å². The molecule has 0 saturated carbocycles. The third-order valence-electron chi connectivity index (χ3n) is 3.59. The van der Waals surface area contributed by atoms with E-state index >= 15 is 0 Å². The molecule has 1 saturated heterocycles. The van der Waals surface area contributed by atoms with Gasteiger partial charge in [0.1, 0.15) is 4.90 Å². The first-order valence-corrected chi connectivity index (χ1v) is 8.96. The predicted molar refractivity (Wildman–Crippen MR) is 81.5 cm³/mol. The number of rotatable bonds is 6. The van der Waals surface area contributed by atoms with Crippen molar-refractivity contribution in [2.75, 3.05) is 19.6 Å². The lowest BCUT2D eigenvalue weighted by molar-refractivity contribution is 0.367. The molecule has 1 aliphatic rings. The minimum atomic E-state index is -3.87. The van der Waals surface area contributed by atoms with Gasteiger partial charge in [-0.05, 0) is 37.9 Å². The summed E-state index contributed by atoms with van der Waals surface area (Å²) in [6.07, 6.45) is 2.65. The molecule has 0 radical (unpaired) electrons. The van der Waals surface area contributed by atoms with Crippen molar-refractivity contribution in [3.63, 3.8) is 0 Å². The van der Waals surface area contributed by atoms with Crippen LogP contribution in [0.2, 0.25) is 5.02 Å². The molecule has 1 aromatic rings. The highest BCUT2D eigenvalue weighted by Gasteiger charge is 2.30. The molecule has 118 valence electrons. The van der Waals surface area contributed by atoms with Crippen LogP contribution in [-0.2, 0) is 10.0 Å². The van der Waals surface area contributed by atoms with Gasteiger partial charge in [0.25, 0.3) is 0 Å². The average Bonchev–Trinajstić information content (AvgIpc) is 2.94. The van der Waals surface area contributed by atoms with Crippen molar-refractivity contribution in [3.8, 4) is 0 Å². The van der Waals surface area contributed by atoms with E-state index in [1.165, 1.54) is 22.5 Å². The van der Waals surface area contributed by atoms with E-state index in [4.69, 9.17) is 11.6 Å². The lowest BCUT2D eigenvalue weighted by Crippen LogP contribution is -2.41. The largest absolute Gasteiger partial charge is 0.313 e. The molecule has 1 aromatic carbocycles. The monoisotopic (exact) mass is 334 g/mol. The molecule has 1 aliphatic heterocycles. The molecule has 1 N–H and O–H groups in total. The highest BCUT2D eigenvalue weighted by atomic mass is 35.5. The van der Waals surface area contributed by atoms with Crippen LogP contribution in [0.4, 0.5) is 4.39 Å². The molecular weight excluding hydrogens is 315 g/mol. The van der Waals surface area contributed by atoms with E-state index in [1.807, 2.05) is 6.92 Å². The summed E-state index contributed by atoms with van der Waals surface area (Å²) in [7, 11) is -3.87. The molecule has 0 amide bonds. The van der Waals surface area contributed by atoms with Gasteiger partial charge in [0.2, 0.25) is 10.0 Å². The van der Waals surface area contributed by atoms with Crippen molar-refractivity contribution < 1.29 is 12.8 Å². The first-order chi connectivity index (χ1) is 9.96. The molecule has 0 aromatic heterocycles. The molecule has 0 bridgehead atoms. The zero-order chi connectivity index (χ0) is 15.5. The van der Waals surface area contributed by atoms with Gasteiger partial charge in [-0.25, -0.2) is 12.8 Å². The van der Waals surface area contributed by atoms with E-state index in [0.717, 1.165) is 19.4 Å². The Kier molecular flexibility index (Phi) is 5.60. The minimum absolute atomic E-state index is 0.133. The second kappa shape index (κ2) is 7.05. The summed E-state index contributed by atoms with van der Waals surface area (Å²) in [5.74, 6) is -0.875. The number of hydrogen-bond acceptors (Lipinski definition) is 3. The van der Waals surface area contributed by atoms with Gasteiger partial charge in [-0.2, -0.15) is 4.31 Å². The quantitative estimate of drug-likeness (QED) is 0.870. The van der Waals surface area contributed by atoms with E-state index in [9.17, 15) is 12.8 Å². The van der Waals surface area contributed by atoms with Crippen LogP contribution >= 0.6 is 11.6 Å². The lowest BCUT2D eigenvalue weighted by atomic mass is 10.2. The normalized spacial score (nSPS) is 19.3. The van der Waals surface area contributed by atoms with Crippen LogP contribution in [0, 0.1) is 5.82 Å². The maximum Gasteiger partial charge on any atom is 0.246 e. The lowest BCUT2D eigenvalue weighted by Gasteiger charge is -2.25. The van der Waals surface area contributed by atoms with Crippen molar-refractivity contribution in [1.29, 1.82) is 0 Å². The van der Waals surface area contributed by atoms with E-state index in [0.29, 0.717) is 19.5 Å². The first-order valence-electron chi connectivity index (χ1n) is 7.14. The Morgan fingerprint density at radius 3 is 2.86 bits per heavy atom. The summed E-state index contributed by atoms with van der Waals surface area (Å²) < 4.78 is 40.8. The Labute approximate surface area is 130 Å². The van der Waals surface area contributed by atoms with Crippen LogP contribution in [-0.4, -0.2) is 38.4 Å². The third-order valence-corrected chi connectivity index (χ3v) is 5.77. The molecule has 1 atom stereocenters. The second-order valence-corrected chi connectivity index (χ2v) is 7.52. The van der Waals surface area contributed by atoms with Crippen molar-refractivity contribution in [2.45, 2.75) is 37.1 Å². The molecule has 2 rings (SSSR count). The number of nitrogens with one attached hydrogen (secondary N) is 1. The fraction of sp³-hybridized carbons (Fsp3) is 0.571. The van der Waals surface area contributed by atoms with Gasteiger partial charge < -0.3 is 5.32 Å². The van der Waals surface area contributed by atoms with E-state index in [-0.39, 0.29) is 16.0 Å². The summed E-state index contributed by atoms with van der Waals surface area (Å²) in [6.45, 7) is 3.53.